The molecule has 0 spiro atoms. The summed E-state index contributed by atoms with van der Waals surface area (Å²) in [5, 5.41) is 3.63. The molecule has 0 bridgehead atoms. The molecule has 7 nitrogen and oxygen atoms in total. The Kier molecular flexibility index (Phi) is 7.70. The summed E-state index contributed by atoms with van der Waals surface area (Å²) in [6.07, 6.45) is 3.04. The lowest BCUT2D eigenvalue weighted by Crippen LogP contribution is -2.58. The van der Waals surface area contributed by atoms with E-state index in [9.17, 15) is 9.18 Å². The van der Waals surface area contributed by atoms with Crippen molar-refractivity contribution in [1.29, 1.82) is 0 Å². The zero-order chi connectivity index (χ0) is 24.1. The van der Waals surface area contributed by atoms with Crippen LogP contribution in [0.3, 0.4) is 0 Å². The fourth-order valence-electron chi connectivity index (χ4n) is 4.12. The standard InChI is InChI=1S/C25H28ClFN4O3/c1-17-14-31(18(2)13-30(17)15-19-3-6-22(27)7-4-19)24(32)16-34-23-8-5-21(26)11-20(23)12-29-25-28-9-10-33-25/h3-11,17-18H,12-16H2,1-2H3,(H,28,29)/t17-,18+/m0/s1. The lowest BCUT2D eigenvalue weighted by atomic mass is 10.1. The van der Waals surface area contributed by atoms with Crippen LogP contribution in [-0.4, -0.2) is 52.5 Å². The molecule has 9 heteroatoms. The van der Waals surface area contributed by atoms with Crippen molar-refractivity contribution in [1.82, 2.24) is 14.8 Å². The largest absolute Gasteiger partial charge is 0.483 e. The molecule has 1 amide bonds. The van der Waals surface area contributed by atoms with E-state index in [1.807, 2.05) is 11.8 Å². The smallest absolute Gasteiger partial charge is 0.294 e. The predicted molar refractivity (Wildman–Crippen MR) is 128 cm³/mol. The van der Waals surface area contributed by atoms with Crippen LogP contribution in [0.2, 0.25) is 5.02 Å². The highest BCUT2D eigenvalue weighted by Crippen LogP contribution is 2.25. The maximum Gasteiger partial charge on any atom is 0.294 e. The number of hydrogen-bond donors (Lipinski definition) is 1. The highest BCUT2D eigenvalue weighted by Gasteiger charge is 2.32. The van der Waals surface area contributed by atoms with E-state index in [-0.39, 0.29) is 30.4 Å². The highest BCUT2D eigenvalue weighted by molar-refractivity contribution is 6.30. The number of piperazine rings is 1. The van der Waals surface area contributed by atoms with Gasteiger partial charge in [0.25, 0.3) is 11.9 Å². The Bertz CT molecular complexity index is 1090. The molecule has 1 fully saturated rings. The molecule has 0 aliphatic carbocycles. The van der Waals surface area contributed by atoms with Gasteiger partial charge in [-0.25, -0.2) is 9.37 Å². The summed E-state index contributed by atoms with van der Waals surface area (Å²) in [5.41, 5.74) is 1.85. The summed E-state index contributed by atoms with van der Waals surface area (Å²) in [5.74, 6) is 0.271. The number of hydrogen-bond acceptors (Lipinski definition) is 6. The van der Waals surface area contributed by atoms with Crippen molar-refractivity contribution in [2.45, 2.75) is 39.0 Å². The number of oxazole rings is 1. The van der Waals surface area contributed by atoms with Gasteiger partial charge in [0.15, 0.2) is 6.61 Å². The van der Waals surface area contributed by atoms with Crippen LogP contribution < -0.4 is 10.1 Å². The van der Waals surface area contributed by atoms with Gasteiger partial charge in [-0.1, -0.05) is 23.7 Å². The first-order valence-electron chi connectivity index (χ1n) is 11.2. The van der Waals surface area contributed by atoms with Crippen molar-refractivity contribution in [2.24, 2.45) is 0 Å². The average molecular weight is 487 g/mol. The van der Waals surface area contributed by atoms with Gasteiger partial charge in [-0.05, 0) is 49.7 Å². The van der Waals surface area contributed by atoms with E-state index in [0.717, 1.165) is 24.2 Å². The fourth-order valence-corrected chi connectivity index (χ4v) is 4.32. The van der Waals surface area contributed by atoms with E-state index in [0.29, 0.717) is 29.9 Å². The number of rotatable bonds is 8. The molecule has 4 rings (SSSR count). The summed E-state index contributed by atoms with van der Waals surface area (Å²) in [6, 6.07) is 12.4. The third-order valence-electron chi connectivity index (χ3n) is 5.97. The molecule has 2 heterocycles. The zero-order valence-electron chi connectivity index (χ0n) is 19.2. The molecule has 34 heavy (non-hydrogen) atoms. The van der Waals surface area contributed by atoms with Gasteiger partial charge in [0.1, 0.15) is 17.8 Å². The van der Waals surface area contributed by atoms with Crippen LogP contribution in [0, 0.1) is 5.82 Å². The molecule has 3 aromatic rings. The number of carbonyl (C=O) groups is 1. The lowest BCUT2D eigenvalue weighted by molar-refractivity contribution is -0.139. The van der Waals surface area contributed by atoms with Crippen LogP contribution in [0.5, 0.6) is 5.75 Å². The molecule has 0 radical (unpaired) electrons. The van der Waals surface area contributed by atoms with E-state index in [2.05, 4.69) is 22.1 Å². The van der Waals surface area contributed by atoms with Crippen LogP contribution in [0.15, 0.2) is 59.3 Å². The van der Waals surface area contributed by atoms with Gasteiger partial charge in [0, 0.05) is 48.8 Å². The van der Waals surface area contributed by atoms with Gasteiger partial charge in [0.05, 0.1) is 6.20 Å². The van der Waals surface area contributed by atoms with Crippen LogP contribution in [0.1, 0.15) is 25.0 Å². The van der Waals surface area contributed by atoms with Crippen LogP contribution in [-0.2, 0) is 17.9 Å². The Labute approximate surface area is 203 Å². The minimum Gasteiger partial charge on any atom is -0.483 e. The quantitative estimate of drug-likeness (QED) is 0.502. The van der Waals surface area contributed by atoms with Gasteiger partial charge >= 0.3 is 0 Å². The summed E-state index contributed by atoms with van der Waals surface area (Å²) < 4.78 is 24.3. The number of ether oxygens (including phenoxy) is 1. The summed E-state index contributed by atoms with van der Waals surface area (Å²) in [7, 11) is 0. The maximum atomic E-state index is 13.2. The summed E-state index contributed by atoms with van der Waals surface area (Å²) >= 11 is 6.16. The molecule has 1 aliphatic heterocycles. The Morgan fingerprint density at radius 1 is 1.21 bits per heavy atom. The molecule has 1 saturated heterocycles. The second kappa shape index (κ2) is 10.9. The topological polar surface area (TPSA) is 70.8 Å². The SMILES string of the molecule is C[C@@H]1CN(Cc2ccc(F)cc2)[C@@H](C)CN1C(=O)COc1ccc(Cl)cc1CNc1ncco1. The number of amides is 1. The molecule has 2 aromatic carbocycles. The van der Waals surface area contributed by atoms with Crippen molar-refractivity contribution in [2.75, 3.05) is 25.0 Å². The molecule has 1 aromatic heterocycles. The van der Waals surface area contributed by atoms with Crippen molar-refractivity contribution < 1.29 is 18.3 Å². The van der Waals surface area contributed by atoms with Crippen molar-refractivity contribution >= 4 is 23.5 Å². The normalized spacial score (nSPS) is 18.6. The number of aromatic nitrogens is 1. The number of nitrogens with one attached hydrogen (secondary N) is 1. The van der Waals surface area contributed by atoms with E-state index >= 15 is 0 Å². The van der Waals surface area contributed by atoms with Gasteiger partial charge in [-0.3, -0.25) is 9.69 Å². The summed E-state index contributed by atoms with van der Waals surface area (Å²) in [6.45, 7) is 6.51. The number of halogens is 2. The van der Waals surface area contributed by atoms with E-state index in [1.54, 1.807) is 36.5 Å². The van der Waals surface area contributed by atoms with Gasteiger partial charge in [-0.15, -0.1) is 0 Å². The molecular formula is C25H28ClFN4O3. The third kappa shape index (κ3) is 6.07. The summed E-state index contributed by atoms with van der Waals surface area (Å²) in [4.78, 5) is 21.2. The monoisotopic (exact) mass is 486 g/mol. The van der Waals surface area contributed by atoms with Crippen molar-refractivity contribution in [3.63, 3.8) is 0 Å². The average Bonchev–Trinajstić information content (AvgIpc) is 3.34. The Hall–Kier alpha value is -3.10. The first-order chi connectivity index (χ1) is 16.4. The Morgan fingerprint density at radius 3 is 2.74 bits per heavy atom. The van der Waals surface area contributed by atoms with Gasteiger partial charge in [-0.2, -0.15) is 0 Å². The molecule has 1 aliphatic rings. The third-order valence-corrected chi connectivity index (χ3v) is 6.21. The van der Waals surface area contributed by atoms with Crippen LogP contribution >= 0.6 is 11.6 Å². The van der Waals surface area contributed by atoms with Crippen LogP contribution in [0.4, 0.5) is 10.4 Å². The molecule has 0 unspecified atom stereocenters. The van der Waals surface area contributed by atoms with Gasteiger partial charge < -0.3 is 19.4 Å². The van der Waals surface area contributed by atoms with E-state index in [1.165, 1.54) is 18.4 Å². The highest BCUT2D eigenvalue weighted by atomic mass is 35.5. The van der Waals surface area contributed by atoms with Crippen molar-refractivity contribution in [3.05, 3.63) is 76.9 Å². The Morgan fingerprint density at radius 2 is 2.00 bits per heavy atom. The van der Waals surface area contributed by atoms with Crippen molar-refractivity contribution in [3.8, 4) is 5.75 Å². The predicted octanol–water partition coefficient (Wildman–Crippen LogP) is 4.58. The van der Waals surface area contributed by atoms with Crippen LogP contribution in [0.25, 0.3) is 0 Å². The minimum absolute atomic E-state index is 0.0316. The molecule has 0 saturated carbocycles. The van der Waals surface area contributed by atoms with E-state index in [4.69, 9.17) is 20.8 Å². The molecule has 2 atom stereocenters. The number of anilines is 1. The fraction of sp³-hybridized carbons (Fsp3) is 0.360. The molecular weight excluding hydrogens is 459 g/mol. The second-order valence-corrected chi connectivity index (χ2v) is 8.97. The first kappa shape index (κ1) is 24.0. The first-order valence-corrected chi connectivity index (χ1v) is 11.6. The zero-order valence-corrected chi connectivity index (χ0v) is 20.0. The molecule has 180 valence electrons. The van der Waals surface area contributed by atoms with E-state index < -0.39 is 0 Å². The minimum atomic E-state index is -0.238. The number of nitrogens with zero attached hydrogens (tertiary/aromatic N) is 3. The second-order valence-electron chi connectivity index (χ2n) is 8.53. The Balaban J connectivity index is 1.34. The lowest BCUT2D eigenvalue weighted by Gasteiger charge is -2.44. The number of benzene rings is 2. The maximum absolute atomic E-state index is 13.2. The molecule has 1 N–H and O–H groups in total. The van der Waals surface area contributed by atoms with Gasteiger partial charge in [0.2, 0.25) is 0 Å². The number of carbonyl (C=O) groups excluding carboxylic acids is 1.